The summed E-state index contributed by atoms with van der Waals surface area (Å²) in [5, 5.41) is 3.48. The van der Waals surface area contributed by atoms with E-state index in [1.807, 2.05) is 25.7 Å². The molecule has 0 aromatic heterocycles. The summed E-state index contributed by atoms with van der Waals surface area (Å²) in [6.07, 6.45) is 4.33. The Kier molecular flexibility index (Phi) is 10.2. The predicted molar refractivity (Wildman–Crippen MR) is 199 cm³/mol. The van der Waals surface area contributed by atoms with Gasteiger partial charge in [-0.05, 0) is 104 Å². The molecule has 6 nitrogen and oxygen atoms in total. The molecule has 256 valence electrons. The molecule has 4 heterocycles. The number of likely N-dealkylation sites (tertiary alicyclic amines) is 1. The van der Waals surface area contributed by atoms with Crippen molar-refractivity contribution in [2.24, 2.45) is 0 Å². The number of rotatable bonds is 2. The second-order valence-electron chi connectivity index (χ2n) is 15.1. The normalized spacial score (nSPS) is 18.8. The van der Waals surface area contributed by atoms with Gasteiger partial charge in [-0.25, -0.2) is 4.79 Å². The Morgan fingerprint density at radius 1 is 0.571 bits per heavy atom. The molecule has 0 unspecified atom stereocenters. The standard InChI is InChI=1S/C24H30N2O2.C19H22N2/c1-24(2,3)28-23(27)25-14-12-20(13-15-25)26-16-18-8-4-6-10-21(18)22-11-7-5-9-19(22)17-26;1-3-7-18-15(5-1)13-21(17-9-11-20-12-10-17)14-16-6-2-4-8-19(16)18/h4-11,20H,12-17H2,1-3H3;1-8,17,20H,9-14H2. The van der Waals surface area contributed by atoms with Crippen molar-refractivity contribution in [2.45, 2.75) is 90.3 Å². The van der Waals surface area contributed by atoms with Gasteiger partial charge in [0.05, 0.1) is 0 Å². The second-order valence-corrected chi connectivity index (χ2v) is 15.1. The molecule has 4 aliphatic heterocycles. The summed E-state index contributed by atoms with van der Waals surface area (Å²) in [5.74, 6) is 0. The van der Waals surface area contributed by atoms with E-state index in [9.17, 15) is 4.79 Å². The minimum atomic E-state index is -0.438. The molecular weight excluding hydrogens is 604 g/mol. The number of nitrogens with zero attached hydrogens (tertiary/aromatic N) is 3. The van der Waals surface area contributed by atoms with Gasteiger partial charge in [0.15, 0.2) is 0 Å². The summed E-state index contributed by atoms with van der Waals surface area (Å²) >= 11 is 0. The highest BCUT2D eigenvalue weighted by molar-refractivity contribution is 5.72. The number of hydrogen-bond donors (Lipinski definition) is 1. The number of amides is 1. The summed E-state index contributed by atoms with van der Waals surface area (Å²) in [5.41, 5.74) is 10.8. The fourth-order valence-corrected chi connectivity index (χ4v) is 8.10. The maximum absolute atomic E-state index is 12.4. The van der Waals surface area contributed by atoms with Crippen LogP contribution in [0.4, 0.5) is 4.79 Å². The highest BCUT2D eigenvalue weighted by atomic mass is 16.6. The van der Waals surface area contributed by atoms with E-state index in [0.29, 0.717) is 12.1 Å². The Morgan fingerprint density at radius 3 is 1.29 bits per heavy atom. The van der Waals surface area contributed by atoms with Gasteiger partial charge in [-0.1, -0.05) is 97.1 Å². The number of carbonyl (C=O) groups excluding carboxylic acids is 1. The van der Waals surface area contributed by atoms with Crippen molar-refractivity contribution in [3.63, 3.8) is 0 Å². The first kappa shape index (κ1) is 33.5. The molecular formula is C43H52N4O2. The zero-order valence-corrected chi connectivity index (χ0v) is 29.5. The number of piperidine rings is 2. The third-order valence-electron chi connectivity index (χ3n) is 10.6. The van der Waals surface area contributed by atoms with Crippen molar-refractivity contribution in [2.75, 3.05) is 26.2 Å². The van der Waals surface area contributed by atoms with Crippen LogP contribution < -0.4 is 5.32 Å². The summed E-state index contributed by atoms with van der Waals surface area (Å²) in [4.78, 5) is 19.5. The van der Waals surface area contributed by atoms with Crippen LogP contribution >= 0.6 is 0 Å². The van der Waals surface area contributed by atoms with Gasteiger partial charge in [0.2, 0.25) is 0 Å². The van der Waals surface area contributed by atoms with Gasteiger partial charge in [0.25, 0.3) is 0 Å². The van der Waals surface area contributed by atoms with Crippen LogP contribution in [-0.2, 0) is 30.9 Å². The lowest BCUT2D eigenvalue weighted by atomic mass is 9.97. The van der Waals surface area contributed by atoms with Crippen LogP contribution in [-0.4, -0.2) is 64.7 Å². The molecule has 1 N–H and O–H groups in total. The molecule has 49 heavy (non-hydrogen) atoms. The molecule has 4 aromatic carbocycles. The Hall–Kier alpha value is -3.97. The van der Waals surface area contributed by atoms with Crippen molar-refractivity contribution < 1.29 is 9.53 Å². The van der Waals surface area contributed by atoms with Gasteiger partial charge in [-0.3, -0.25) is 9.80 Å². The molecule has 0 bridgehead atoms. The molecule has 0 spiro atoms. The number of benzene rings is 4. The average molecular weight is 657 g/mol. The maximum atomic E-state index is 12.4. The van der Waals surface area contributed by atoms with Crippen LogP contribution in [0.2, 0.25) is 0 Å². The third kappa shape index (κ3) is 7.93. The molecule has 1 amide bonds. The van der Waals surface area contributed by atoms with E-state index in [1.54, 1.807) is 0 Å². The fraction of sp³-hybridized carbons (Fsp3) is 0.419. The summed E-state index contributed by atoms with van der Waals surface area (Å²) in [6, 6.07) is 36.5. The highest BCUT2D eigenvalue weighted by Gasteiger charge is 2.31. The molecule has 2 saturated heterocycles. The summed E-state index contributed by atoms with van der Waals surface area (Å²) in [6.45, 7) is 13.7. The topological polar surface area (TPSA) is 48.1 Å². The van der Waals surface area contributed by atoms with Crippen molar-refractivity contribution in [3.05, 3.63) is 119 Å². The lowest BCUT2D eigenvalue weighted by Gasteiger charge is -2.38. The van der Waals surface area contributed by atoms with Crippen LogP contribution in [0.3, 0.4) is 0 Å². The average Bonchev–Trinajstić information content (AvgIpc) is 3.40. The number of carbonyl (C=O) groups is 1. The van der Waals surface area contributed by atoms with Gasteiger partial charge < -0.3 is 15.0 Å². The molecule has 8 rings (SSSR count). The van der Waals surface area contributed by atoms with E-state index in [-0.39, 0.29) is 6.09 Å². The molecule has 0 atom stereocenters. The van der Waals surface area contributed by atoms with Gasteiger partial charge in [0, 0.05) is 51.4 Å². The van der Waals surface area contributed by atoms with Gasteiger partial charge >= 0.3 is 6.09 Å². The van der Waals surface area contributed by atoms with E-state index in [2.05, 4.69) is 112 Å². The first-order chi connectivity index (χ1) is 23.8. The largest absolute Gasteiger partial charge is 0.444 e. The van der Waals surface area contributed by atoms with Crippen LogP contribution in [0.5, 0.6) is 0 Å². The first-order valence-electron chi connectivity index (χ1n) is 18.3. The monoisotopic (exact) mass is 656 g/mol. The SMILES string of the molecule is CC(C)(C)OC(=O)N1CCC(N2Cc3ccccc3-c3ccccc3C2)CC1.c1ccc2c(c1)CN(C1CCNCC1)Cc1ccccc1-2. The van der Waals surface area contributed by atoms with Gasteiger partial charge in [-0.15, -0.1) is 0 Å². The molecule has 6 heteroatoms. The van der Waals surface area contributed by atoms with E-state index >= 15 is 0 Å². The zero-order valence-electron chi connectivity index (χ0n) is 29.5. The number of fused-ring (bicyclic) bond motifs is 6. The molecule has 4 aromatic rings. The Morgan fingerprint density at radius 2 is 0.918 bits per heavy atom. The molecule has 0 saturated carbocycles. The first-order valence-corrected chi connectivity index (χ1v) is 18.3. The number of nitrogens with one attached hydrogen (secondary N) is 1. The maximum Gasteiger partial charge on any atom is 0.410 e. The number of ether oxygens (including phenoxy) is 1. The van der Waals surface area contributed by atoms with Crippen molar-refractivity contribution in [1.82, 2.24) is 20.0 Å². The minimum absolute atomic E-state index is 0.183. The van der Waals surface area contributed by atoms with Crippen LogP contribution in [0.1, 0.15) is 68.7 Å². The van der Waals surface area contributed by atoms with Gasteiger partial charge in [-0.2, -0.15) is 0 Å². The second kappa shape index (κ2) is 14.9. The fourth-order valence-electron chi connectivity index (χ4n) is 8.10. The number of hydrogen-bond acceptors (Lipinski definition) is 5. The highest BCUT2D eigenvalue weighted by Crippen LogP contribution is 2.36. The van der Waals surface area contributed by atoms with Crippen LogP contribution in [0.25, 0.3) is 22.3 Å². The molecule has 0 radical (unpaired) electrons. The smallest absolute Gasteiger partial charge is 0.410 e. The lowest BCUT2D eigenvalue weighted by Crippen LogP contribution is -2.47. The Bertz CT molecular complexity index is 1640. The quantitative estimate of drug-likeness (QED) is 0.235. The predicted octanol–water partition coefficient (Wildman–Crippen LogP) is 8.49. The Labute approximate surface area is 293 Å². The van der Waals surface area contributed by atoms with E-state index in [4.69, 9.17) is 4.74 Å². The third-order valence-corrected chi connectivity index (χ3v) is 10.6. The minimum Gasteiger partial charge on any atom is -0.444 e. The van der Waals surface area contributed by atoms with E-state index in [1.165, 1.54) is 57.3 Å². The van der Waals surface area contributed by atoms with Crippen LogP contribution in [0.15, 0.2) is 97.1 Å². The lowest BCUT2D eigenvalue weighted by molar-refractivity contribution is 0.0132. The van der Waals surface area contributed by atoms with Crippen molar-refractivity contribution >= 4 is 6.09 Å². The summed E-state index contributed by atoms with van der Waals surface area (Å²) in [7, 11) is 0. The summed E-state index contributed by atoms with van der Waals surface area (Å²) < 4.78 is 5.54. The Balaban J connectivity index is 0.000000160. The van der Waals surface area contributed by atoms with Gasteiger partial charge in [0.1, 0.15) is 5.60 Å². The van der Waals surface area contributed by atoms with Crippen molar-refractivity contribution in [3.8, 4) is 22.3 Å². The van der Waals surface area contributed by atoms with E-state index < -0.39 is 5.60 Å². The van der Waals surface area contributed by atoms with Crippen LogP contribution in [0, 0.1) is 0 Å². The van der Waals surface area contributed by atoms with Crippen molar-refractivity contribution in [1.29, 1.82) is 0 Å². The van der Waals surface area contributed by atoms with E-state index in [0.717, 1.165) is 65.2 Å². The zero-order chi connectivity index (χ0) is 33.8. The molecule has 2 fully saturated rings. The molecule has 0 aliphatic carbocycles. The molecule has 4 aliphatic rings.